The summed E-state index contributed by atoms with van der Waals surface area (Å²) in [5, 5.41) is 16.8. The van der Waals surface area contributed by atoms with E-state index in [4.69, 9.17) is 10.00 Å². The largest absolute Gasteiger partial charge is 0.493 e. The summed E-state index contributed by atoms with van der Waals surface area (Å²) in [6, 6.07) is 24.5. The number of unbranched alkanes of at least 4 members (excludes halogenated alkanes) is 1. The Morgan fingerprint density at radius 3 is 2.19 bits per heavy atom. The maximum atomic E-state index is 12.5. The topological polar surface area (TPSA) is 103 Å². The molecular formula is C24H22N4O3. The van der Waals surface area contributed by atoms with Crippen molar-refractivity contribution >= 4 is 29.0 Å². The molecule has 0 unspecified atom stereocenters. The minimum atomic E-state index is -0.366. The van der Waals surface area contributed by atoms with Crippen molar-refractivity contribution in [2.24, 2.45) is 0 Å². The van der Waals surface area contributed by atoms with Crippen molar-refractivity contribution in [1.29, 1.82) is 5.26 Å². The first-order chi connectivity index (χ1) is 15.1. The van der Waals surface area contributed by atoms with E-state index in [0.29, 0.717) is 47.8 Å². The molecular weight excluding hydrogens is 392 g/mol. The molecule has 3 N–H and O–H groups in total. The third kappa shape index (κ3) is 6.91. The molecule has 0 saturated carbocycles. The van der Waals surface area contributed by atoms with Crippen molar-refractivity contribution in [3.8, 4) is 11.8 Å². The average Bonchev–Trinajstić information content (AvgIpc) is 2.78. The van der Waals surface area contributed by atoms with E-state index in [1.165, 1.54) is 0 Å². The predicted octanol–water partition coefficient (Wildman–Crippen LogP) is 5.27. The smallest absolute Gasteiger partial charge is 0.323 e. The lowest BCUT2D eigenvalue weighted by atomic mass is 10.2. The van der Waals surface area contributed by atoms with Gasteiger partial charge in [0.25, 0.3) is 5.91 Å². The second-order valence-electron chi connectivity index (χ2n) is 6.61. The van der Waals surface area contributed by atoms with Gasteiger partial charge in [0.05, 0.1) is 12.7 Å². The van der Waals surface area contributed by atoms with Gasteiger partial charge in [0.15, 0.2) is 0 Å². The normalized spacial score (nSPS) is 9.90. The SMILES string of the molecule is N#CCCCOc1cccc(NC(=O)c2ccc(NC(=O)Nc3ccccc3)cc2)c1. The number of amides is 3. The van der Waals surface area contributed by atoms with Crippen LogP contribution in [0, 0.1) is 11.3 Å². The van der Waals surface area contributed by atoms with Gasteiger partial charge >= 0.3 is 6.03 Å². The highest BCUT2D eigenvalue weighted by Gasteiger charge is 2.08. The number of hydrogen-bond donors (Lipinski definition) is 3. The molecule has 3 aromatic rings. The number of carbonyl (C=O) groups excluding carboxylic acids is 2. The summed E-state index contributed by atoms with van der Waals surface area (Å²) in [5.41, 5.74) is 2.31. The standard InChI is InChI=1S/C24H22N4O3/c25-15-4-5-16-31-22-10-6-9-21(17-22)26-23(29)18-11-13-20(14-12-18)28-24(30)27-19-7-2-1-3-8-19/h1-3,6-14,17H,4-5,16H2,(H,26,29)(H2,27,28,30). The van der Waals surface area contributed by atoms with Crippen LogP contribution in [0.2, 0.25) is 0 Å². The average molecular weight is 414 g/mol. The van der Waals surface area contributed by atoms with Crippen molar-refractivity contribution in [1.82, 2.24) is 0 Å². The summed E-state index contributed by atoms with van der Waals surface area (Å²) >= 11 is 0. The highest BCUT2D eigenvalue weighted by Crippen LogP contribution is 2.19. The van der Waals surface area contributed by atoms with Gasteiger partial charge in [-0.2, -0.15) is 5.26 Å². The third-order valence-electron chi connectivity index (χ3n) is 4.23. The lowest BCUT2D eigenvalue weighted by Crippen LogP contribution is -2.19. The molecule has 0 aliphatic carbocycles. The fourth-order valence-corrected chi connectivity index (χ4v) is 2.73. The van der Waals surface area contributed by atoms with Crippen LogP contribution in [0.15, 0.2) is 78.9 Å². The quantitative estimate of drug-likeness (QED) is 0.437. The number of nitrogens with one attached hydrogen (secondary N) is 3. The summed E-state index contributed by atoms with van der Waals surface area (Å²) < 4.78 is 5.58. The zero-order valence-electron chi connectivity index (χ0n) is 16.8. The number of benzene rings is 3. The second-order valence-corrected chi connectivity index (χ2v) is 6.61. The van der Waals surface area contributed by atoms with Crippen LogP contribution < -0.4 is 20.7 Å². The van der Waals surface area contributed by atoms with Gasteiger partial charge in [-0.1, -0.05) is 24.3 Å². The second kappa shape index (κ2) is 11.0. The van der Waals surface area contributed by atoms with Crippen LogP contribution in [0.4, 0.5) is 21.9 Å². The molecule has 0 aliphatic heterocycles. The number of anilines is 3. The van der Waals surface area contributed by atoms with Gasteiger partial charge in [-0.15, -0.1) is 0 Å². The molecule has 0 heterocycles. The van der Waals surface area contributed by atoms with Gasteiger partial charge in [-0.3, -0.25) is 4.79 Å². The Balaban J connectivity index is 1.53. The monoisotopic (exact) mass is 414 g/mol. The van der Waals surface area contributed by atoms with Crippen LogP contribution in [0.5, 0.6) is 5.75 Å². The molecule has 0 aliphatic rings. The highest BCUT2D eigenvalue weighted by atomic mass is 16.5. The highest BCUT2D eigenvalue weighted by molar-refractivity contribution is 6.05. The Bertz CT molecular complexity index is 1060. The van der Waals surface area contributed by atoms with Crippen molar-refractivity contribution in [2.45, 2.75) is 12.8 Å². The molecule has 7 nitrogen and oxygen atoms in total. The minimum Gasteiger partial charge on any atom is -0.493 e. The summed E-state index contributed by atoms with van der Waals surface area (Å²) in [7, 11) is 0. The van der Waals surface area contributed by atoms with Gasteiger partial charge in [-0.05, 0) is 55.0 Å². The minimum absolute atomic E-state index is 0.276. The van der Waals surface area contributed by atoms with Gasteiger partial charge in [0.1, 0.15) is 5.75 Å². The van der Waals surface area contributed by atoms with E-state index in [1.807, 2.05) is 18.2 Å². The van der Waals surface area contributed by atoms with Crippen LogP contribution in [-0.2, 0) is 0 Å². The zero-order chi connectivity index (χ0) is 21.9. The van der Waals surface area contributed by atoms with Crippen LogP contribution >= 0.6 is 0 Å². The van der Waals surface area contributed by atoms with Crippen molar-refractivity contribution in [2.75, 3.05) is 22.6 Å². The molecule has 0 bridgehead atoms. The number of ether oxygens (including phenoxy) is 1. The van der Waals surface area contributed by atoms with Crippen LogP contribution in [0.3, 0.4) is 0 Å². The van der Waals surface area contributed by atoms with Crippen molar-refractivity contribution in [3.05, 3.63) is 84.4 Å². The Morgan fingerprint density at radius 1 is 0.806 bits per heavy atom. The first-order valence-electron chi connectivity index (χ1n) is 9.78. The fourth-order valence-electron chi connectivity index (χ4n) is 2.73. The maximum Gasteiger partial charge on any atom is 0.323 e. The molecule has 31 heavy (non-hydrogen) atoms. The van der Waals surface area contributed by atoms with E-state index in [-0.39, 0.29) is 11.9 Å². The molecule has 3 aromatic carbocycles. The molecule has 0 saturated heterocycles. The van der Waals surface area contributed by atoms with Gasteiger partial charge in [-0.25, -0.2) is 4.79 Å². The number of urea groups is 1. The number of rotatable bonds is 8. The number of nitriles is 1. The first kappa shape index (κ1) is 21.4. The summed E-state index contributed by atoms with van der Waals surface area (Å²) in [4.78, 5) is 24.6. The van der Waals surface area contributed by atoms with Crippen molar-refractivity contribution in [3.63, 3.8) is 0 Å². The van der Waals surface area contributed by atoms with E-state index < -0.39 is 0 Å². The number of nitrogens with zero attached hydrogens (tertiary/aromatic N) is 1. The van der Waals surface area contributed by atoms with E-state index >= 15 is 0 Å². The van der Waals surface area contributed by atoms with Crippen molar-refractivity contribution < 1.29 is 14.3 Å². The molecule has 3 rings (SSSR count). The van der Waals surface area contributed by atoms with E-state index in [1.54, 1.807) is 60.7 Å². The Labute approximate surface area is 180 Å². The van der Waals surface area contributed by atoms with Crippen LogP contribution in [0.25, 0.3) is 0 Å². The van der Waals surface area contributed by atoms with Crippen LogP contribution in [-0.4, -0.2) is 18.5 Å². The van der Waals surface area contributed by atoms with Gasteiger partial charge in [0, 0.05) is 35.1 Å². The molecule has 0 aromatic heterocycles. The molecule has 0 spiro atoms. The first-order valence-corrected chi connectivity index (χ1v) is 9.78. The predicted molar refractivity (Wildman–Crippen MR) is 120 cm³/mol. The fraction of sp³-hybridized carbons (Fsp3) is 0.125. The maximum absolute atomic E-state index is 12.5. The molecule has 7 heteroatoms. The lowest BCUT2D eigenvalue weighted by Gasteiger charge is -2.10. The summed E-state index contributed by atoms with van der Waals surface area (Å²) in [6.45, 7) is 0.442. The van der Waals surface area contributed by atoms with Gasteiger partial charge < -0.3 is 20.7 Å². The molecule has 0 fully saturated rings. The Hall–Kier alpha value is -4.31. The van der Waals surface area contributed by atoms with E-state index in [2.05, 4.69) is 22.0 Å². The van der Waals surface area contributed by atoms with E-state index in [9.17, 15) is 9.59 Å². The molecule has 0 radical (unpaired) electrons. The Morgan fingerprint density at radius 2 is 1.48 bits per heavy atom. The summed E-state index contributed by atoms with van der Waals surface area (Å²) in [6.07, 6.45) is 1.09. The number of carbonyl (C=O) groups is 2. The van der Waals surface area contributed by atoms with Gasteiger partial charge in [0.2, 0.25) is 0 Å². The lowest BCUT2D eigenvalue weighted by molar-refractivity contribution is 0.102. The number of hydrogen-bond acceptors (Lipinski definition) is 4. The molecule has 0 atom stereocenters. The number of para-hydroxylation sites is 1. The molecule has 156 valence electrons. The van der Waals surface area contributed by atoms with E-state index in [0.717, 1.165) is 0 Å². The third-order valence-corrected chi connectivity index (χ3v) is 4.23. The van der Waals surface area contributed by atoms with Crippen LogP contribution in [0.1, 0.15) is 23.2 Å². The zero-order valence-corrected chi connectivity index (χ0v) is 16.8. The Kier molecular flexibility index (Phi) is 7.61. The molecule has 3 amide bonds. The summed E-state index contributed by atoms with van der Waals surface area (Å²) in [5.74, 6) is 0.349.